The van der Waals surface area contributed by atoms with E-state index in [1.807, 2.05) is 0 Å². The summed E-state index contributed by atoms with van der Waals surface area (Å²) in [6, 6.07) is -1.53. The summed E-state index contributed by atoms with van der Waals surface area (Å²) in [6.45, 7) is 2.64. The number of ether oxygens (including phenoxy) is 2. The molecule has 12 heteroatoms. The van der Waals surface area contributed by atoms with Crippen molar-refractivity contribution in [2.45, 2.75) is 180 Å². The Kier molecular flexibility index (Phi) is 35.6. The number of nitrogens with two attached hydrogens (primary N) is 1. The van der Waals surface area contributed by atoms with Gasteiger partial charge in [-0.15, -0.1) is 0 Å². The maximum Gasteiger partial charge on any atom is 0.472 e. The third-order valence-electron chi connectivity index (χ3n) is 8.56. The summed E-state index contributed by atoms with van der Waals surface area (Å²) >= 11 is 0. The van der Waals surface area contributed by atoms with Gasteiger partial charge in [-0.1, -0.05) is 133 Å². The van der Waals surface area contributed by atoms with E-state index in [1.54, 1.807) is 0 Å². The molecule has 0 aliphatic rings. The van der Waals surface area contributed by atoms with Crippen LogP contribution in [0.15, 0.2) is 48.6 Å². The van der Waals surface area contributed by atoms with Crippen molar-refractivity contribution in [1.82, 2.24) is 0 Å². The van der Waals surface area contributed by atoms with Gasteiger partial charge in [0.2, 0.25) is 0 Å². The molecule has 0 aliphatic heterocycles. The molecule has 0 aliphatic carbocycles. The van der Waals surface area contributed by atoms with Gasteiger partial charge in [0.25, 0.3) is 0 Å². The Morgan fingerprint density at radius 1 is 0.593 bits per heavy atom. The van der Waals surface area contributed by atoms with Crippen molar-refractivity contribution in [2.24, 2.45) is 5.73 Å². The summed E-state index contributed by atoms with van der Waals surface area (Å²) in [4.78, 5) is 45.8. The van der Waals surface area contributed by atoms with E-state index in [0.717, 1.165) is 70.6 Å². The highest BCUT2D eigenvalue weighted by Crippen LogP contribution is 2.43. The van der Waals surface area contributed by atoms with Gasteiger partial charge in [-0.05, 0) is 70.6 Å². The van der Waals surface area contributed by atoms with Crippen molar-refractivity contribution in [3.63, 3.8) is 0 Å². The average molecular weight is 784 g/mol. The topological polar surface area (TPSA) is 172 Å². The van der Waals surface area contributed by atoms with Gasteiger partial charge in [-0.2, -0.15) is 0 Å². The Labute approximate surface area is 326 Å². The minimum absolute atomic E-state index is 0.126. The molecular formula is C42H74NO10P. The predicted molar refractivity (Wildman–Crippen MR) is 217 cm³/mol. The molecule has 1 unspecified atom stereocenters. The normalized spacial score (nSPS) is 14.3. The third-order valence-corrected chi connectivity index (χ3v) is 9.51. The van der Waals surface area contributed by atoms with E-state index >= 15 is 0 Å². The number of carbonyl (C=O) groups is 3. The fraction of sp³-hybridized carbons (Fsp3) is 0.738. The molecule has 0 bridgehead atoms. The van der Waals surface area contributed by atoms with Gasteiger partial charge in [0, 0.05) is 12.8 Å². The van der Waals surface area contributed by atoms with E-state index in [4.69, 9.17) is 24.8 Å². The maximum absolute atomic E-state index is 12.6. The van der Waals surface area contributed by atoms with Crippen molar-refractivity contribution < 1.29 is 47.5 Å². The second-order valence-corrected chi connectivity index (χ2v) is 15.2. The lowest BCUT2D eigenvalue weighted by atomic mass is 10.1. The molecule has 0 spiro atoms. The number of allylic oxidation sites excluding steroid dienone is 8. The molecule has 0 saturated carbocycles. The molecular weight excluding hydrogens is 709 g/mol. The maximum atomic E-state index is 12.6. The monoisotopic (exact) mass is 784 g/mol. The first kappa shape index (κ1) is 51.4. The second-order valence-electron chi connectivity index (χ2n) is 13.7. The van der Waals surface area contributed by atoms with Crippen LogP contribution < -0.4 is 5.73 Å². The molecule has 11 nitrogen and oxygen atoms in total. The summed E-state index contributed by atoms with van der Waals surface area (Å²) in [6.07, 6.45) is 40.4. The lowest BCUT2D eigenvalue weighted by Crippen LogP contribution is -2.34. The number of aliphatic carboxylic acids is 1. The van der Waals surface area contributed by atoms with Crippen LogP contribution in [0, 0.1) is 0 Å². The van der Waals surface area contributed by atoms with Crippen molar-refractivity contribution in [2.75, 3.05) is 19.8 Å². The largest absolute Gasteiger partial charge is 0.480 e. The van der Waals surface area contributed by atoms with E-state index in [9.17, 15) is 23.8 Å². The minimum Gasteiger partial charge on any atom is -0.480 e. The SMILES string of the molecule is CC/C=C/C/C=C/C/C=C/CCCCCCCC(=O)OC[C@H](COP(=O)(O)OC[C@H](N)C(=O)O)OC(=O)CCCC/C=C/CCCCCCCCCCC. The van der Waals surface area contributed by atoms with Crippen LogP contribution in [-0.2, 0) is 37.5 Å². The summed E-state index contributed by atoms with van der Waals surface area (Å²) in [7, 11) is -4.72. The Hall–Kier alpha value is -2.56. The van der Waals surface area contributed by atoms with Gasteiger partial charge in [-0.3, -0.25) is 23.4 Å². The van der Waals surface area contributed by atoms with Crippen LogP contribution in [0.2, 0.25) is 0 Å². The van der Waals surface area contributed by atoms with Crippen molar-refractivity contribution in [3.05, 3.63) is 48.6 Å². The summed E-state index contributed by atoms with van der Waals surface area (Å²) in [5, 5.41) is 8.87. The molecule has 0 aromatic rings. The number of phosphoric acid groups is 1. The molecule has 0 heterocycles. The standard InChI is InChI=1S/C42H74NO10P/c1-3-5-7-9-11-13-15-17-19-21-23-25-27-29-31-33-40(44)50-35-38(36-51-54(48,49)52-37-39(43)42(46)47)53-41(45)34-32-30-28-26-24-22-20-18-16-14-12-10-8-6-4-2/h5,7,11,13,17,19,24,26,38-39H,3-4,6,8-10,12,14-16,18,20-23,25,27-37,43H2,1-2H3,(H,46,47)(H,48,49)/b7-5+,13-11+,19-17+,26-24+/t38-,39+/m1/s1. The Morgan fingerprint density at radius 2 is 1.04 bits per heavy atom. The van der Waals surface area contributed by atoms with Gasteiger partial charge < -0.3 is 25.2 Å². The lowest BCUT2D eigenvalue weighted by Gasteiger charge is -2.20. The molecule has 0 amide bonds. The molecule has 4 N–H and O–H groups in total. The van der Waals surface area contributed by atoms with Crippen LogP contribution in [0.1, 0.15) is 168 Å². The highest BCUT2D eigenvalue weighted by Gasteiger charge is 2.28. The number of carboxylic acids is 1. The van der Waals surface area contributed by atoms with Gasteiger partial charge in [0.15, 0.2) is 6.10 Å². The lowest BCUT2D eigenvalue weighted by molar-refractivity contribution is -0.161. The van der Waals surface area contributed by atoms with Crippen molar-refractivity contribution >= 4 is 25.7 Å². The number of rotatable bonds is 38. The minimum atomic E-state index is -4.72. The summed E-state index contributed by atoms with van der Waals surface area (Å²) < 4.78 is 32.6. The van der Waals surface area contributed by atoms with Crippen LogP contribution in [0.3, 0.4) is 0 Å². The first-order valence-electron chi connectivity index (χ1n) is 20.7. The van der Waals surface area contributed by atoms with E-state index in [2.05, 4.69) is 67.0 Å². The molecule has 3 atom stereocenters. The molecule has 0 aromatic heterocycles. The van der Waals surface area contributed by atoms with Crippen LogP contribution >= 0.6 is 7.82 Å². The zero-order valence-corrected chi connectivity index (χ0v) is 34.4. The molecule has 0 fully saturated rings. The smallest absolute Gasteiger partial charge is 0.472 e. The summed E-state index contributed by atoms with van der Waals surface area (Å²) in [5.74, 6) is -2.43. The Balaban J connectivity index is 4.45. The van der Waals surface area contributed by atoms with Gasteiger partial charge in [0.1, 0.15) is 12.6 Å². The quantitative estimate of drug-likeness (QED) is 0.0235. The number of phosphoric ester groups is 1. The number of unbranched alkanes of at least 4 members (excludes halogenated alkanes) is 16. The van der Waals surface area contributed by atoms with Crippen molar-refractivity contribution in [1.29, 1.82) is 0 Å². The Bertz CT molecular complexity index is 1110. The zero-order valence-electron chi connectivity index (χ0n) is 33.6. The average Bonchev–Trinajstić information content (AvgIpc) is 3.14. The van der Waals surface area contributed by atoms with Crippen LogP contribution in [-0.4, -0.2) is 59.9 Å². The number of carboxylic acid groups (broad SMARTS) is 1. The second kappa shape index (κ2) is 37.4. The van der Waals surface area contributed by atoms with Crippen LogP contribution in [0.4, 0.5) is 0 Å². The van der Waals surface area contributed by atoms with E-state index in [-0.39, 0.29) is 19.4 Å². The fourth-order valence-corrected chi connectivity index (χ4v) is 6.09. The van der Waals surface area contributed by atoms with Gasteiger partial charge in [-0.25, -0.2) is 4.57 Å². The van der Waals surface area contributed by atoms with Crippen molar-refractivity contribution in [3.8, 4) is 0 Å². The van der Waals surface area contributed by atoms with Gasteiger partial charge in [0.05, 0.1) is 13.2 Å². The molecule has 0 radical (unpaired) electrons. The zero-order chi connectivity index (χ0) is 40.0. The number of esters is 2. The summed E-state index contributed by atoms with van der Waals surface area (Å²) in [5.41, 5.74) is 5.32. The third kappa shape index (κ3) is 36.4. The van der Waals surface area contributed by atoms with E-state index < -0.39 is 51.1 Å². The molecule has 54 heavy (non-hydrogen) atoms. The molecule has 312 valence electrons. The van der Waals surface area contributed by atoms with Crippen LogP contribution in [0.5, 0.6) is 0 Å². The molecule has 0 rings (SSSR count). The number of hydrogen-bond acceptors (Lipinski definition) is 9. The van der Waals surface area contributed by atoms with Gasteiger partial charge >= 0.3 is 25.7 Å². The number of carbonyl (C=O) groups excluding carboxylic acids is 2. The molecule has 0 saturated heterocycles. The van der Waals surface area contributed by atoms with E-state index in [0.29, 0.717) is 12.8 Å². The number of hydrogen-bond donors (Lipinski definition) is 3. The van der Waals surface area contributed by atoms with Crippen LogP contribution in [0.25, 0.3) is 0 Å². The van der Waals surface area contributed by atoms with E-state index in [1.165, 1.54) is 57.8 Å². The Morgan fingerprint density at radius 3 is 1.61 bits per heavy atom. The molecule has 0 aromatic carbocycles. The first-order chi connectivity index (χ1) is 26.1. The first-order valence-corrected chi connectivity index (χ1v) is 22.2. The predicted octanol–water partition coefficient (Wildman–Crippen LogP) is 10.6. The highest BCUT2D eigenvalue weighted by atomic mass is 31.2. The highest BCUT2D eigenvalue weighted by molar-refractivity contribution is 7.47. The fourth-order valence-electron chi connectivity index (χ4n) is 5.31.